The number of nitrogens with one attached hydrogen (secondary N) is 2. The van der Waals surface area contributed by atoms with Crippen LogP contribution >= 0.6 is 0 Å². The summed E-state index contributed by atoms with van der Waals surface area (Å²) in [6, 6.07) is 7.45. The highest BCUT2D eigenvalue weighted by atomic mass is 16.5. The van der Waals surface area contributed by atoms with Gasteiger partial charge in [0.25, 0.3) is 0 Å². The van der Waals surface area contributed by atoms with Gasteiger partial charge in [0, 0.05) is 24.3 Å². The molecule has 164 valence electrons. The van der Waals surface area contributed by atoms with Gasteiger partial charge in [0.1, 0.15) is 11.6 Å². The Balaban J connectivity index is 1.81. The molecule has 0 atom stereocenters. The summed E-state index contributed by atoms with van der Waals surface area (Å²) in [6.07, 6.45) is 5.27. The van der Waals surface area contributed by atoms with E-state index in [1.165, 1.54) is 12.8 Å². The smallest absolute Gasteiger partial charge is 0.341 e. The van der Waals surface area contributed by atoms with Crippen molar-refractivity contribution in [2.45, 2.75) is 52.5 Å². The molecule has 0 amide bonds. The molecular formula is C22H33N5O3. The number of ether oxygens (including phenoxy) is 1. The number of hydrogen-bond acceptors (Lipinski definition) is 7. The fourth-order valence-electron chi connectivity index (χ4n) is 3.16. The van der Waals surface area contributed by atoms with Gasteiger partial charge in [-0.3, -0.25) is 0 Å². The molecule has 0 aliphatic heterocycles. The van der Waals surface area contributed by atoms with Crippen LogP contribution in [0.25, 0.3) is 0 Å². The van der Waals surface area contributed by atoms with Crippen LogP contribution in [-0.4, -0.2) is 40.7 Å². The van der Waals surface area contributed by atoms with E-state index >= 15 is 0 Å². The Morgan fingerprint density at radius 1 is 1.20 bits per heavy atom. The first-order valence-electron chi connectivity index (χ1n) is 10.5. The van der Waals surface area contributed by atoms with E-state index in [2.05, 4.69) is 27.5 Å². The summed E-state index contributed by atoms with van der Waals surface area (Å²) < 4.78 is 5.22. The molecule has 1 aromatic carbocycles. The van der Waals surface area contributed by atoms with Gasteiger partial charge < -0.3 is 26.2 Å². The maximum Gasteiger partial charge on any atom is 0.341 e. The number of carboxylic acids is 1. The Morgan fingerprint density at radius 2 is 2.03 bits per heavy atom. The first kappa shape index (κ1) is 23.4. The van der Waals surface area contributed by atoms with Crippen LogP contribution in [0, 0.1) is 6.92 Å². The summed E-state index contributed by atoms with van der Waals surface area (Å²) in [5, 5.41) is 15.5. The predicted molar refractivity (Wildman–Crippen MR) is 119 cm³/mol. The van der Waals surface area contributed by atoms with Gasteiger partial charge in [0.2, 0.25) is 5.95 Å². The molecule has 0 spiro atoms. The monoisotopic (exact) mass is 415 g/mol. The lowest BCUT2D eigenvalue weighted by molar-refractivity contribution is -0.139. The molecule has 0 aliphatic rings. The fraction of sp³-hybridized carbons (Fsp3) is 0.500. The van der Waals surface area contributed by atoms with Gasteiger partial charge in [0.15, 0.2) is 6.61 Å². The number of nitrogens with two attached hydrogens (primary N) is 1. The summed E-state index contributed by atoms with van der Waals surface area (Å²) in [6.45, 7) is 6.22. The van der Waals surface area contributed by atoms with Crippen molar-refractivity contribution in [2.24, 2.45) is 0 Å². The van der Waals surface area contributed by atoms with Gasteiger partial charge in [-0.05, 0) is 50.4 Å². The highest BCUT2D eigenvalue weighted by molar-refractivity contribution is 5.68. The molecule has 30 heavy (non-hydrogen) atoms. The van der Waals surface area contributed by atoms with Crippen LogP contribution in [0.5, 0.6) is 5.75 Å². The van der Waals surface area contributed by atoms with Crippen LogP contribution in [0.2, 0.25) is 0 Å². The minimum absolute atomic E-state index is 0.303. The summed E-state index contributed by atoms with van der Waals surface area (Å²) in [5.74, 6) is 0.724. The highest BCUT2D eigenvalue weighted by Crippen LogP contribution is 2.19. The van der Waals surface area contributed by atoms with Gasteiger partial charge in [-0.25, -0.2) is 9.78 Å². The minimum atomic E-state index is -0.986. The number of carboxylic acid groups (broad SMARTS) is 1. The normalized spacial score (nSPS) is 10.7. The molecule has 2 rings (SSSR count). The highest BCUT2D eigenvalue weighted by Gasteiger charge is 2.10. The van der Waals surface area contributed by atoms with Gasteiger partial charge in [-0.15, -0.1) is 0 Å². The molecule has 0 fully saturated rings. The first-order valence-corrected chi connectivity index (χ1v) is 10.5. The van der Waals surface area contributed by atoms with Crippen LogP contribution in [0.1, 0.15) is 49.4 Å². The largest absolute Gasteiger partial charge is 0.482 e. The van der Waals surface area contributed by atoms with Gasteiger partial charge in [0.05, 0.1) is 0 Å². The Bertz CT molecular complexity index is 813. The van der Waals surface area contributed by atoms with E-state index in [0.717, 1.165) is 55.0 Å². The van der Waals surface area contributed by atoms with E-state index in [1.807, 2.05) is 25.1 Å². The van der Waals surface area contributed by atoms with Crippen molar-refractivity contribution in [3.63, 3.8) is 0 Å². The number of aliphatic carboxylic acids is 1. The molecule has 1 aromatic heterocycles. The Labute approximate surface area is 178 Å². The molecule has 0 saturated carbocycles. The van der Waals surface area contributed by atoms with Crippen LogP contribution < -0.4 is 21.1 Å². The SMILES string of the molecule is CCCCCNc1nc(N)nc(C)c1CCCNCc1cccc(OCC(=O)O)c1. The van der Waals surface area contributed by atoms with Crippen molar-refractivity contribution >= 4 is 17.7 Å². The molecule has 5 N–H and O–H groups in total. The van der Waals surface area contributed by atoms with Crippen molar-refractivity contribution in [3.8, 4) is 5.75 Å². The zero-order chi connectivity index (χ0) is 21.8. The van der Waals surface area contributed by atoms with Gasteiger partial charge in [-0.2, -0.15) is 4.98 Å². The van der Waals surface area contributed by atoms with Crippen molar-refractivity contribution < 1.29 is 14.6 Å². The van der Waals surface area contributed by atoms with Crippen molar-refractivity contribution in [1.82, 2.24) is 15.3 Å². The van der Waals surface area contributed by atoms with Crippen molar-refractivity contribution in [1.29, 1.82) is 0 Å². The molecule has 0 unspecified atom stereocenters. The standard InChI is InChI=1S/C22H33N5O3/c1-3-4-5-12-25-21-19(16(2)26-22(23)27-21)10-7-11-24-14-17-8-6-9-18(13-17)30-15-20(28)29/h6,8-9,13,24H,3-5,7,10-12,14-15H2,1-2H3,(H,28,29)(H3,23,25,26,27). The third-order valence-corrected chi connectivity index (χ3v) is 4.67. The molecule has 0 aliphatic carbocycles. The summed E-state index contributed by atoms with van der Waals surface area (Å²) in [4.78, 5) is 19.3. The second-order valence-corrected chi connectivity index (χ2v) is 7.24. The average molecular weight is 416 g/mol. The van der Waals surface area contributed by atoms with Crippen LogP contribution in [-0.2, 0) is 17.8 Å². The number of benzene rings is 1. The summed E-state index contributed by atoms with van der Waals surface area (Å²) in [5.41, 5.74) is 8.91. The van der Waals surface area contributed by atoms with E-state index in [-0.39, 0.29) is 6.61 Å². The molecule has 1 heterocycles. The molecule has 8 heteroatoms. The van der Waals surface area contributed by atoms with E-state index in [0.29, 0.717) is 18.2 Å². The maximum atomic E-state index is 10.6. The fourth-order valence-corrected chi connectivity index (χ4v) is 3.16. The van der Waals surface area contributed by atoms with E-state index in [4.69, 9.17) is 15.6 Å². The Kier molecular flexibility index (Phi) is 9.86. The lowest BCUT2D eigenvalue weighted by Crippen LogP contribution is -2.17. The maximum absolute atomic E-state index is 10.6. The number of unbranched alkanes of at least 4 members (excludes halogenated alkanes) is 2. The molecule has 2 aromatic rings. The third kappa shape index (κ3) is 8.24. The number of carbonyl (C=O) groups is 1. The number of nitrogens with zero attached hydrogens (tertiary/aromatic N) is 2. The van der Waals surface area contributed by atoms with Crippen molar-refractivity contribution in [2.75, 3.05) is 30.7 Å². The first-order chi connectivity index (χ1) is 14.5. The summed E-state index contributed by atoms with van der Waals surface area (Å²) in [7, 11) is 0. The van der Waals surface area contributed by atoms with Crippen LogP contribution in [0.4, 0.5) is 11.8 Å². The molecule has 0 saturated heterocycles. The third-order valence-electron chi connectivity index (χ3n) is 4.67. The minimum Gasteiger partial charge on any atom is -0.482 e. The van der Waals surface area contributed by atoms with E-state index < -0.39 is 5.97 Å². The van der Waals surface area contributed by atoms with Crippen LogP contribution in [0.3, 0.4) is 0 Å². The Hall–Kier alpha value is -2.87. The summed E-state index contributed by atoms with van der Waals surface area (Å²) >= 11 is 0. The van der Waals surface area contributed by atoms with Crippen molar-refractivity contribution in [3.05, 3.63) is 41.1 Å². The van der Waals surface area contributed by atoms with E-state index in [1.54, 1.807) is 6.07 Å². The number of anilines is 2. The number of aryl methyl sites for hydroxylation is 1. The zero-order valence-electron chi connectivity index (χ0n) is 17.9. The second kappa shape index (κ2) is 12.6. The van der Waals surface area contributed by atoms with Crippen LogP contribution in [0.15, 0.2) is 24.3 Å². The van der Waals surface area contributed by atoms with Gasteiger partial charge in [-0.1, -0.05) is 31.9 Å². The molecule has 0 bridgehead atoms. The quantitative estimate of drug-likeness (QED) is 0.347. The Morgan fingerprint density at radius 3 is 2.80 bits per heavy atom. The molecule has 8 nitrogen and oxygen atoms in total. The number of nitrogen functional groups attached to an aromatic ring is 1. The topological polar surface area (TPSA) is 122 Å². The zero-order valence-corrected chi connectivity index (χ0v) is 17.9. The number of aromatic nitrogens is 2. The lowest BCUT2D eigenvalue weighted by atomic mass is 10.1. The predicted octanol–water partition coefficient (Wildman–Crippen LogP) is 3.16. The average Bonchev–Trinajstić information content (AvgIpc) is 2.71. The lowest BCUT2D eigenvalue weighted by Gasteiger charge is -2.14. The number of rotatable bonds is 14. The molecular weight excluding hydrogens is 382 g/mol. The second-order valence-electron chi connectivity index (χ2n) is 7.24. The van der Waals surface area contributed by atoms with Gasteiger partial charge >= 0.3 is 5.97 Å². The number of hydrogen-bond donors (Lipinski definition) is 4. The molecule has 0 radical (unpaired) electrons. The van der Waals surface area contributed by atoms with E-state index in [9.17, 15) is 4.79 Å².